The van der Waals surface area contributed by atoms with Crippen molar-refractivity contribution in [1.82, 2.24) is 15.2 Å². The summed E-state index contributed by atoms with van der Waals surface area (Å²) in [6, 6.07) is 3.79. The van der Waals surface area contributed by atoms with Crippen molar-refractivity contribution in [3.05, 3.63) is 24.0 Å². The maximum absolute atomic E-state index is 12.0. The van der Waals surface area contributed by atoms with Gasteiger partial charge in [-0.3, -0.25) is 9.78 Å². The van der Waals surface area contributed by atoms with Gasteiger partial charge in [-0.15, -0.1) is 0 Å². The number of likely N-dealkylation sites (N-methyl/N-ethyl adjacent to an activating group) is 1. The number of nitrogens with zero attached hydrogens (tertiary/aromatic N) is 3. The van der Waals surface area contributed by atoms with E-state index in [2.05, 4.69) is 15.2 Å². The second kappa shape index (κ2) is 6.67. The molecule has 1 aliphatic rings. The average molecular weight is 278 g/mol. The molecule has 6 heteroatoms. The van der Waals surface area contributed by atoms with Crippen LogP contribution in [0.15, 0.2) is 18.3 Å². The van der Waals surface area contributed by atoms with Gasteiger partial charge in [-0.05, 0) is 19.2 Å². The molecular weight excluding hydrogens is 256 g/mol. The van der Waals surface area contributed by atoms with Crippen LogP contribution in [0.2, 0.25) is 0 Å². The Morgan fingerprint density at radius 2 is 2.40 bits per heavy atom. The van der Waals surface area contributed by atoms with Gasteiger partial charge in [0.25, 0.3) is 5.91 Å². The zero-order valence-corrected chi connectivity index (χ0v) is 12.3. The summed E-state index contributed by atoms with van der Waals surface area (Å²) >= 11 is 0. The Hall–Kier alpha value is -1.66. The summed E-state index contributed by atoms with van der Waals surface area (Å²) in [5, 5.41) is 3.13. The van der Waals surface area contributed by atoms with E-state index in [0.29, 0.717) is 12.3 Å². The first-order chi connectivity index (χ1) is 9.61. The monoisotopic (exact) mass is 278 g/mol. The minimum Gasteiger partial charge on any atom is -0.373 e. The molecule has 1 saturated heterocycles. The van der Waals surface area contributed by atoms with Crippen LogP contribution in [-0.2, 0) is 4.74 Å². The number of pyridine rings is 1. The Bertz CT molecular complexity index is 462. The zero-order valence-electron chi connectivity index (χ0n) is 12.3. The standard InChI is InChI=1S/C14H22N4O2/c1-15-9-12-10-18(6-7-20-12)11-4-5-16-13(8-11)14(19)17(2)3/h4-5,8,12,15H,6-7,9-10H2,1-3H3. The molecule has 0 aliphatic carbocycles. The Balaban J connectivity index is 2.12. The minimum absolute atomic E-state index is 0.0770. The highest BCUT2D eigenvalue weighted by Gasteiger charge is 2.21. The first-order valence-corrected chi connectivity index (χ1v) is 6.80. The van der Waals surface area contributed by atoms with Crippen LogP contribution in [-0.4, -0.2) is 69.3 Å². The highest BCUT2D eigenvalue weighted by molar-refractivity contribution is 5.92. The molecule has 1 aromatic rings. The number of morpholine rings is 1. The van der Waals surface area contributed by atoms with E-state index in [4.69, 9.17) is 4.74 Å². The highest BCUT2D eigenvalue weighted by Crippen LogP contribution is 2.18. The predicted octanol–water partition coefficient (Wildman–Crippen LogP) is 0.208. The van der Waals surface area contributed by atoms with Crippen LogP contribution in [0, 0.1) is 0 Å². The van der Waals surface area contributed by atoms with E-state index in [1.54, 1.807) is 20.3 Å². The summed E-state index contributed by atoms with van der Waals surface area (Å²) in [6.07, 6.45) is 1.86. The number of rotatable bonds is 4. The fraction of sp³-hybridized carbons (Fsp3) is 0.571. The molecule has 110 valence electrons. The van der Waals surface area contributed by atoms with Crippen molar-refractivity contribution in [2.45, 2.75) is 6.10 Å². The van der Waals surface area contributed by atoms with Gasteiger partial charge in [-0.2, -0.15) is 0 Å². The predicted molar refractivity (Wildman–Crippen MR) is 78.1 cm³/mol. The van der Waals surface area contributed by atoms with Gasteiger partial charge >= 0.3 is 0 Å². The molecule has 0 radical (unpaired) electrons. The van der Waals surface area contributed by atoms with Crippen molar-refractivity contribution < 1.29 is 9.53 Å². The first-order valence-electron chi connectivity index (χ1n) is 6.80. The minimum atomic E-state index is -0.0770. The summed E-state index contributed by atoms with van der Waals surface area (Å²) in [5.74, 6) is -0.0770. The Labute approximate surface area is 119 Å². The lowest BCUT2D eigenvalue weighted by atomic mass is 10.2. The van der Waals surface area contributed by atoms with E-state index in [9.17, 15) is 4.79 Å². The third kappa shape index (κ3) is 3.46. The molecule has 0 aromatic carbocycles. The molecule has 1 unspecified atom stereocenters. The van der Waals surface area contributed by atoms with Gasteiger partial charge in [0, 0.05) is 45.6 Å². The van der Waals surface area contributed by atoms with Crippen LogP contribution < -0.4 is 10.2 Å². The molecule has 1 aliphatic heterocycles. The number of hydrogen-bond donors (Lipinski definition) is 1. The lowest BCUT2D eigenvalue weighted by molar-refractivity contribution is 0.0421. The van der Waals surface area contributed by atoms with Crippen molar-refractivity contribution >= 4 is 11.6 Å². The fourth-order valence-corrected chi connectivity index (χ4v) is 2.27. The van der Waals surface area contributed by atoms with Crippen LogP contribution in [0.3, 0.4) is 0 Å². The topological polar surface area (TPSA) is 57.7 Å². The Kier molecular flexibility index (Phi) is 4.92. The Morgan fingerprint density at radius 1 is 1.60 bits per heavy atom. The van der Waals surface area contributed by atoms with Gasteiger partial charge in [0.05, 0.1) is 12.7 Å². The molecule has 1 aromatic heterocycles. The summed E-state index contributed by atoms with van der Waals surface area (Å²) in [6.45, 7) is 3.18. The molecule has 20 heavy (non-hydrogen) atoms. The number of ether oxygens (including phenoxy) is 1. The van der Waals surface area contributed by atoms with Gasteiger partial charge in [0.2, 0.25) is 0 Å². The van der Waals surface area contributed by atoms with Crippen molar-refractivity contribution in [2.75, 3.05) is 52.3 Å². The van der Waals surface area contributed by atoms with E-state index < -0.39 is 0 Å². The molecule has 0 bridgehead atoms. The van der Waals surface area contributed by atoms with Gasteiger partial charge in [-0.1, -0.05) is 0 Å². The maximum atomic E-state index is 12.0. The van der Waals surface area contributed by atoms with Gasteiger partial charge in [0.1, 0.15) is 5.69 Å². The number of aromatic nitrogens is 1. The van der Waals surface area contributed by atoms with Gasteiger partial charge < -0.3 is 19.9 Å². The summed E-state index contributed by atoms with van der Waals surface area (Å²) in [7, 11) is 5.38. The number of nitrogens with one attached hydrogen (secondary N) is 1. The third-order valence-corrected chi connectivity index (χ3v) is 3.30. The normalized spacial score (nSPS) is 18.9. The maximum Gasteiger partial charge on any atom is 0.272 e. The summed E-state index contributed by atoms with van der Waals surface area (Å²) < 4.78 is 5.69. The number of anilines is 1. The van der Waals surface area contributed by atoms with Crippen molar-refractivity contribution in [3.8, 4) is 0 Å². The number of carbonyl (C=O) groups is 1. The lowest BCUT2D eigenvalue weighted by Crippen LogP contribution is -2.46. The highest BCUT2D eigenvalue weighted by atomic mass is 16.5. The molecular formula is C14H22N4O2. The SMILES string of the molecule is CNCC1CN(c2ccnc(C(=O)N(C)C)c2)CCO1. The zero-order chi connectivity index (χ0) is 14.5. The van der Waals surface area contributed by atoms with E-state index in [1.807, 2.05) is 19.2 Å². The Morgan fingerprint density at radius 3 is 3.10 bits per heavy atom. The smallest absolute Gasteiger partial charge is 0.272 e. The second-order valence-corrected chi connectivity index (χ2v) is 5.10. The van der Waals surface area contributed by atoms with E-state index in [0.717, 1.165) is 25.3 Å². The van der Waals surface area contributed by atoms with Crippen molar-refractivity contribution in [2.24, 2.45) is 0 Å². The molecule has 1 atom stereocenters. The number of carbonyl (C=O) groups excluding carboxylic acids is 1. The van der Waals surface area contributed by atoms with Crippen LogP contribution in [0.4, 0.5) is 5.69 Å². The van der Waals surface area contributed by atoms with Crippen LogP contribution >= 0.6 is 0 Å². The summed E-state index contributed by atoms with van der Waals surface area (Å²) in [4.78, 5) is 19.9. The molecule has 1 amide bonds. The third-order valence-electron chi connectivity index (χ3n) is 3.30. The first kappa shape index (κ1) is 14.7. The molecule has 1 fully saturated rings. The quantitative estimate of drug-likeness (QED) is 0.853. The second-order valence-electron chi connectivity index (χ2n) is 5.10. The molecule has 0 spiro atoms. The number of hydrogen-bond acceptors (Lipinski definition) is 5. The largest absolute Gasteiger partial charge is 0.373 e. The van der Waals surface area contributed by atoms with E-state index >= 15 is 0 Å². The lowest BCUT2D eigenvalue weighted by Gasteiger charge is -2.34. The van der Waals surface area contributed by atoms with Gasteiger partial charge in [-0.25, -0.2) is 0 Å². The van der Waals surface area contributed by atoms with Crippen molar-refractivity contribution in [1.29, 1.82) is 0 Å². The van der Waals surface area contributed by atoms with Crippen LogP contribution in [0.1, 0.15) is 10.5 Å². The fourth-order valence-electron chi connectivity index (χ4n) is 2.27. The molecule has 1 N–H and O–H groups in total. The molecule has 2 heterocycles. The molecule has 6 nitrogen and oxygen atoms in total. The molecule has 0 saturated carbocycles. The van der Waals surface area contributed by atoms with Crippen LogP contribution in [0.25, 0.3) is 0 Å². The van der Waals surface area contributed by atoms with E-state index in [-0.39, 0.29) is 12.0 Å². The van der Waals surface area contributed by atoms with E-state index in [1.165, 1.54) is 4.90 Å². The van der Waals surface area contributed by atoms with Crippen LogP contribution in [0.5, 0.6) is 0 Å². The summed E-state index contributed by atoms with van der Waals surface area (Å²) in [5.41, 5.74) is 1.50. The average Bonchev–Trinajstić information content (AvgIpc) is 2.47. The number of amides is 1. The van der Waals surface area contributed by atoms with Gasteiger partial charge in [0.15, 0.2) is 0 Å². The van der Waals surface area contributed by atoms with Crippen molar-refractivity contribution in [3.63, 3.8) is 0 Å². The molecule has 2 rings (SSSR count).